The van der Waals surface area contributed by atoms with Crippen molar-refractivity contribution < 1.29 is 4.74 Å². The largest absolute Gasteiger partial charge is 0.472 e. The van der Waals surface area contributed by atoms with Gasteiger partial charge in [0.15, 0.2) is 0 Å². The molecule has 0 radical (unpaired) electrons. The van der Waals surface area contributed by atoms with E-state index in [9.17, 15) is 0 Å². The number of hydrogen-bond donors (Lipinski definition) is 1. The molecule has 2 aromatic rings. The molecule has 1 aliphatic rings. The van der Waals surface area contributed by atoms with E-state index >= 15 is 0 Å². The van der Waals surface area contributed by atoms with E-state index in [2.05, 4.69) is 15.5 Å². The van der Waals surface area contributed by atoms with E-state index in [0.29, 0.717) is 23.6 Å². The summed E-state index contributed by atoms with van der Waals surface area (Å²) in [5, 5.41) is 12.3. The van der Waals surface area contributed by atoms with Gasteiger partial charge in [-0.2, -0.15) is 5.10 Å². The molecule has 1 heterocycles. The van der Waals surface area contributed by atoms with Crippen LogP contribution in [0.5, 0.6) is 5.88 Å². The third kappa shape index (κ3) is 3.92. The Labute approximate surface area is 123 Å². The van der Waals surface area contributed by atoms with Crippen LogP contribution in [0.2, 0.25) is 5.02 Å². The lowest BCUT2D eigenvalue weighted by atomic mass is 10.2. The Hall–Kier alpha value is -1.65. The molecule has 20 heavy (non-hydrogen) atoms. The molecule has 1 aromatic carbocycles. The van der Waals surface area contributed by atoms with Crippen LogP contribution >= 0.6 is 11.6 Å². The highest BCUT2D eigenvalue weighted by Crippen LogP contribution is 2.19. The molecule has 0 atom stereocenters. The van der Waals surface area contributed by atoms with Crippen LogP contribution in [-0.2, 0) is 13.2 Å². The van der Waals surface area contributed by atoms with Crippen molar-refractivity contribution in [3.63, 3.8) is 0 Å². The van der Waals surface area contributed by atoms with Gasteiger partial charge in [-0.3, -0.25) is 0 Å². The maximum atomic E-state index is 5.92. The second kappa shape index (κ2) is 6.20. The summed E-state index contributed by atoms with van der Waals surface area (Å²) < 4.78 is 5.59. The predicted octanol–water partition coefficient (Wildman–Crippen LogP) is 2.96. The molecule has 1 fully saturated rings. The number of benzene rings is 1. The lowest BCUT2D eigenvalue weighted by Crippen LogP contribution is -2.16. The summed E-state index contributed by atoms with van der Waals surface area (Å²) in [6.07, 6.45) is 2.54. The lowest BCUT2D eigenvalue weighted by Gasteiger charge is -2.06. The molecule has 5 heteroatoms. The third-order valence-electron chi connectivity index (χ3n) is 3.12. The van der Waals surface area contributed by atoms with Crippen molar-refractivity contribution >= 4 is 11.6 Å². The van der Waals surface area contributed by atoms with Gasteiger partial charge < -0.3 is 10.1 Å². The van der Waals surface area contributed by atoms with Gasteiger partial charge in [-0.15, -0.1) is 5.10 Å². The smallest absolute Gasteiger partial charge is 0.233 e. The Bertz CT molecular complexity index is 570. The van der Waals surface area contributed by atoms with E-state index in [1.807, 2.05) is 36.4 Å². The van der Waals surface area contributed by atoms with E-state index in [0.717, 1.165) is 17.8 Å². The van der Waals surface area contributed by atoms with Gasteiger partial charge in [-0.25, -0.2) is 0 Å². The van der Waals surface area contributed by atoms with Crippen molar-refractivity contribution in [3.05, 3.63) is 52.7 Å². The van der Waals surface area contributed by atoms with Gasteiger partial charge in [-0.1, -0.05) is 23.7 Å². The van der Waals surface area contributed by atoms with E-state index in [1.165, 1.54) is 12.8 Å². The molecule has 0 amide bonds. The maximum absolute atomic E-state index is 5.92. The van der Waals surface area contributed by atoms with Gasteiger partial charge in [0.25, 0.3) is 0 Å². The van der Waals surface area contributed by atoms with Crippen LogP contribution in [0.3, 0.4) is 0 Å². The Morgan fingerprint density at radius 1 is 1.20 bits per heavy atom. The Balaban J connectivity index is 1.52. The molecule has 3 rings (SSSR count). The highest BCUT2D eigenvalue weighted by Gasteiger charge is 2.20. The first-order valence-corrected chi connectivity index (χ1v) is 7.10. The Morgan fingerprint density at radius 3 is 2.80 bits per heavy atom. The average molecular weight is 290 g/mol. The quantitative estimate of drug-likeness (QED) is 0.888. The van der Waals surface area contributed by atoms with Crippen molar-refractivity contribution in [1.29, 1.82) is 0 Å². The summed E-state index contributed by atoms with van der Waals surface area (Å²) in [6.45, 7) is 1.21. The molecule has 104 valence electrons. The van der Waals surface area contributed by atoms with Gasteiger partial charge in [0, 0.05) is 23.7 Å². The molecule has 1 saturated carbocycles. The number of nitrogens with zero attached hydrogens (tertiary/aromatic N) is 2. The number of hydrogen-bond acceptors (Lipinski definition) is 4. The van der Waals surface area contributed by atoms with Gasteiger partial charge in [0.1, 0.15) is 6.61 Å². The fraction of sp³-hybridized carbons (Fsp3) is 0.333. The molecule has 1 N–H and O–H groups in total. The van der Waals surface area contributed by atoms with Crippen LogP contribution in [-0.4, -0.2) is 16.2 Å². The minimum atomic E-state index is 0.439. The fourth-order valence-electron chi connectivity index (χ4n) is 1.84. The number of aromatic nitrogens is 2. The van der Waals surface area contributed by atoms with Crippen molar-refractivity contribution in [2.75, 3.05) is 0 Å². The van der Waals surface area contributed by atoms with Crippen molar-refractivity contribution in [1.82, 2.24) is 15.5 Å². The third-order valence-corrected chi connectivity index (χ3v) is 3.36. The maximum Gasteiger partial charge on any atom is 0.233 e. The zero-order chi connectivity index (χ0) is 13.8. The van der Waals surface area contributed by atoms with E-state index in [1.54, 1.807) is 0 Å². The van der Waals surface area contributed by atoms with Crippen LogP contribution in [0.15, 0.2) is 36.4 Å². The minimum absolute atomic E-state index is 0.439. The molecule has 0 bridgehead atoms. The summed E-state index contributed by atoms with van der Waals surface area (Å²) in [6, 6.07) is 12.1. The zero-order valence-electron chi connectivity index (χ0n) is 11.1. The van der Waals surface area contributed by atoms with Gasteiger partial charge >= 0.3 is 0 Å². The first kappa shape index (κ1) is 13.3. The lowest BCUT2D eigenvalue weighted by molar-refractivity contribution is 0.289. The second-order valence-corrected chi connectivity index (χ2v) is 5.37. The van der Waals surface area contributed by atoms with Crippen LogP contribution in [0.1, 0.15) is 24.1 Å². The Morgan fingerprint density at radius 2 is 2.10 bits per heavy atom. The summed E-state index contributed by atoms with van der Waals surface area (Å²) in [4.78, 5) is 0. The SMILES string of the molecule is Clc1cccc(COc2ccc(CNC3CC3)nn2)c1. The van der Waals surface area contributed by atoms with Crippen LogP contribution in [0.4, 0.5) is 0 Å². The van der Waals surface area contributed by atoms with Gasteiger partial charge in [-0.05, 0) is 36.6 Å². The molecule has 4 nitrogen and oxygen atoms in total. The summed E-state index contributed by atoms with van der Waals surface area (Å²) in [7, 11) is 0. The summed E-state index contributed by atoms with van der Waals surface area (Å²) in [5.74, 6) is 0.528. The van der Waals surface area contributed by atoms with Gasteiger partial charge in [0.2, 0.25) is 5.88 Å². The second-order valence-electron chi connectivity index (χ2n) is 4.94. The van der Waals surface area contributed by atoms with E-state index in [4.69, 9.17) is 16.3 Å². The number of ether oxygens (including phenoxy) is 1. The molecular formula is C15H16ClN3O. The van der Waals surface area contributed by atoms with Crippen LogP contribution in [0.25, 0.3) is 0 Å². The number of rotatable bonds is 6. The first-order valence-electron chi connectivity index (χ1n) is 6.73. The molecule has 0 unspecified atom stereocenters. The van der Waals surface area contributed by atoms with Crippen molar-refractivity contribution in [2.45, 2.75) is 32.0 Å². The molecule has 1 aliphatic carbocycles. The molecule has 1 aromatic heterocycles. The standard InChI is InChI=1S/C15H16ClN3O/c16-12-3-1-2-11(8-12)10-20-15-7-6-14(18-19-15)9-17-13-4-5-13/h1-3,6-8,13,17H,4-5,9-10H2. The van der Waals surface area contributed by atoms with Crippen LogP contribution < -0.4 is 10.1 Å². The highest BCUT2D eigenvalue weighted by atomic mass is 35.5. The normalized spacial score (nSPS) is 14.2. The zero-order valence-corrected chi connectivity index (χ0v) is 11.8. The molecular weight excluding hydrogens is 274 g/mol. The molecule has 0 aliphatic heterocycles. The van der Waals surface area contributed by atoms with E-state index in [-0.39, 0.29) is 0 Å². The Kier molecular flexibility index (Phi) is 4.14. The minimum Gasteiger partial charge on any atom is -0.472 e. The number of halogens is 1. The summed E-state index contributed by atoms with van der Waals surface area (Å²) >= 11 is 5.92. The summed E-state index contributed by atoms with van der Waals surface area (Å²) in [5.41, 5.74) is 1.95. The topological polar surface area (TPSA) is 47.0 Å². The monoisotopic (exact) mass is 289 g/mol. The molecule has 0 saturated heterocycles. The fourth-order valence-corrected chi connectivity index (χ4v) is 2.05. The van der Waals surface area contributed by atoms with Gasteiger partial charge in [0.05, 0.1) is 5.69 Å². The van der Waals surface area contributed by atoms with E-state index < -0.39 is 0 Å². The van der Waals surface area contributed by atoms with Crippen LogP contribution in [0, 0.1) is 0 Å². The highest BCUT2D eigenvalue weighted by molar-refractivity contribution is 6.30. The average Bonchev–Trinajstić information content (AvgIpc) is 3.28. The molecule has 0 spiro atoms. The van der Waals surface area contributed by atoms with Crippen molar-refractivity contribution in [2.24, 2.45) is 0 Å². The first-order chi connectivity index (χ1) is 9.79. The predicted molar refractivity (Wildman–Crippen MR) is 77.7 cm³/mol. The van der Waals surface area contributed by atoms with Crippen molar-refractivity contribution in [3.8, 4) is 5.88 Å². The number of nitrogens with one attached hydrogen (secondary N) is 1.